The summed E-state index contributed by atoms with van der Waals surface area (Å²) in [6, 6.07) is -0.759. The summed E-state index contributed by atoms with van der Waals surface area (Å²) in [5, 5.41) is 33.4. The van der Waals surface area contributed by atoms with Crippen LogP contribution in [0.4, 0.5) is 0 Å². The van der Waals surface area contributed by atoms with Crippen molar-refractivity contribution in [1.82, 2.24) is 5.32 Å². The quantitative estimate of drug-likeness (QED) is 0.0362. The van der Waals surface area contributed by atoms with E-state index in [0.717, 1.165) is 32.1 Å². The van der Waals surface area contributed by atoms with Gasteiger partial charge in [0, 0.05) is 0 Å². The van der Waals surface area contributed by atoms with E-state index in [1.54, 1.807) is 6.08 Å². The molecule has 0 rings (SSSR count). The largest absolute Gasteiger partial charge is 0.394 e. The molecule has 0 aliphatic carbocycles. The molecule has 5 heteroatoms. The molecule has 374 valence electrons. The molecular weight excluding hydrogens is 775 g/mol. The molecule has 0 aliphatic rings. The van der Waals surface area contributed by atoms with Gasteiger partial charge in [-0.15, -0.1) is 0 Å². The van der Waals surface area contributed by atoms with Crippen LogP contribution in [0.25, 0.3) is 0 Å². The second kappa shape index (κ2) is 53.4. The highest BCUT2D eigenvalue weighted by atomic mass is 16.3. The fourth-order valence-corrected chi connectivity index (χ4v) is 9.12. The monoisotopic (exact) mass is 888 g/mol. The molecule has 63 heavy (non-hydrogen) atoms. The number of aliphatic hydroxyl groups excluding tert-OH is 3. The first-order valence-corrected chi connectivity index (χ1v) is 28.6. The Morgan fingerprint density at radius 1 is 0.397 bits per heavy atom. The Bertz CT molecular complexity index is 936. The van der Waals surface area contributed by atoms with E-state index < -0.39 is 18.2 Å². The summed E-state index contributed by atoms with van der Waals surface area (Å²) in [6.45, 7) is 4.23. The van der Waals surface area contributed by atoms with Crippen LogP contribution in [0.5, 0.6) is 0 Å². The Balaban J connectivity index is 3.51. The number of aliphatic hydroxyl groups is 3. The molecule has 0 bridgehead atoms. The predicted molar refractivity (Wildman–Crippen MR) is 278 cm³/mol. The topological polar surface area (TPSA) is 89.8 Å². The van der Waals surface area contributed by atoms with Gasteiger partial charge < -0.3 is 20.6 Å². The third-order valence-electron chi connectivity index (χ3n) is 13.5. The second-order valence-electron chi connectivity index (χ2n) is 19.9. The van der Waals surface area contributed by atoms with E-state index in [1.807, 2.05) is 6.08 Å². The lowest BCUT2D eigenvalue weighted by Gasteiger charge is -2.21. The van der Waals surface area contributed by atoms with Crippen molar-refractivity contribution >= 4 is 5.91 Å². The third kappa shape index (κ3) is 50.1. The van der Waals surface area contributed by atoms with Gasteiger partial charge in [0.2, 0.25) is 5.91 Å². The molecule has 0 aromatic carbocycles. The Kier molecular flexibility index (Phi) is 52.5. The Labute approximate surface area is 394 Å². The highest BCUT2D eigenvalue weighted by Crippen LogP contribution is 2.18. The van der Waals surface area contributed by atoms with E-state index in [2.05, 4.69) is 31.3 Å². The summed E-state index contributed by atoms with van der Waals surface area (Å²) in [5.74, 6) is -0.319. The van der Waals surface area contributed by atoms with Gasteiger partial charge in [-0.3, -0.25) is 4.79 Å². The van der Waals surface area contributed by atoms with Crippen molar-refractivity contribution in [3.63, 3.8) is 0 Å². The zero-order valence-electron chi connectivity index (χ0n) is 42.7. The maximum atomic E-state index is 12.5. The van der Waals surface area contributed by atoms with Crippen LogP contribution in [0.2, 0.25) is 0 Å². The standard InChI is InChI=1S/C58H113NO4/c1-3-5-7-9-11-13-15-17-19-21-22-23-24-25-26-27-28-29-30-31-32-33-34-36-37-39-41-43-45-47-49-51-55(61)53-58(63)59-56(54-60)57(62)52-50-48-46-44-42-40-38-35-20-18-16-14-12-10-8-6-4-2/h42,44,50,52,55-57,60-62H,3-41,43,45-49,51,53-54H2,1-2H3,(H,59,63)/b44-42+,52-50+. The average Bonchev–Trinajstić information content (AvgIpc) is 3.28. The van der Waals surface area contributed by atoms with Gasteiger partial charge in [0.1, 0.15) is 0 Å². The van der Waals surface area contributed by atoms with Crippen LogP contribution in [0.15, 0.2) is 24.3 Å². The molecule has 4 N–H and O–H groups in total. The number of carbonyl (C=O) groups excluding carboxylic acids is 1. The molecule has 0 aliphatic heterocycles. The van der Waals surface area contributed by atoms with Gasteiger partial charge >= 0.3 is 0 Å². The van der Waals surface area contributed by atoms with Gasteiger partial charge in [-0.25, -0.2) is 0 Å². The van der Waals surface area contributed by atoms with Gasteiger partial charge in [0.25, 0.3) is 0 Å². The number of nitrogens with one attached hydrogen (secondary N) is 1. The van der Waals surface area contributed by atoms with Gasteiger partial charge in [0.05, 0.1) is 31.3 Å². The SMILES string of the molecule is CCCCCCCCCCCCC/C=C/CC/C=C/C(O)C(CO)NC(=O)CC(O)CCCCCCCCCCCCCCCCCCCCCCCCCCCCCCCCC. The molecule has 5 nitrogen and oxygen atoms in total. The van der Waals surface area contributed by atoms with Crippen LogP contribution in [0, 0.1) is 0 Å². The Hall–Kier alpha value is -1.17. The van der Waals surface area contributed by atoms with Crippen molar-refractivity contribution in [2.24, 2.45) is 0 Å². The van der Waals surface area contributed by atoms with E-state index in [-0.39, 0.29) is 18.9 Å². The molecule has 0 aromatic rings. The van der Waals surface area contributed by atoms with Crippen LogP contribution in [-0.4, -0.2) is 46.1 Å². The molecule has 3 unspecified atom stereocenters. The zero-order valence-corrected chi connectivity index (χ0v) is 42.7. The highest BCUT2D eigenvalue weighted by Gasteiger charge is 2.20. The fourth-order valence-electron chi connectivity index (χ4n) is 9.12. The van der Waals surface area contributed by atoms with Gasteiger partial charge in [-0.05, 0) is 32.1 Å². The highest BCUT2D eigenvalue weighted by molar-refractivity contribution is 5.76. The average molecular weight is 889 g/mol. The first-order valence-electron chi connectivity index (χ1n) is 28.6. The Morgan fingerprint density at radius 2 is 0.683 bits per heavy atom. The van der Waals surface area contributed by atoms with Crippen molar-refractivity contribution < 1.29 is 20.1 Å². The van der Waals surface area contributed by atoms with Crippen molar-refractivity contribution in [3.05, 3.63) is 24.3 Å². The normalized spacial score (nSPS) is 13.4. The first kappa shape index (κ1) is 61.8. The number of unbranched alkanes of at least 4 members (excludes halogenated alkanes) is 42. The van der Waals surface area contributed by atoms with E-state index in [1.165, 1.54) is 257 Å². The van der Waals surface area contributed by atoms with Crippen molar-refractivity contribution in [1.29, 1.82) is 0 Å². The molecule has 0 heterocycles. The molecule has 0 aromatic heterocycles. The minimum absolute atomic E-state index is 0.0104. The van der Waals surface area contributed by atoms with Crippen LogP contribution in [0.3, 0.4) is 0 Å². The summed E-state index contributed by atoms with van der Waals surface area (Å²) in [4.78, 5) is 12.5. The van der Waals surface area contributed by atoms with Crippen molar-refractivity contribution in [3.8, 4) is 0 Å². The minimum Gasteiger partial charge on any atom is -0.394 e. The molecule has 0 saturated carbocycles. The van der Waals surface area contributed by atoms with E-state index >= 15 is 0 Å². The lowest BCUT2D eigenvalue weighted by Crippen LogP contribution is -2.45. The summed E-state index contributed by atoms with van der Waals surface area (Å²) < 4.78 is 0. The smallest absolute Gasteiger partial charge is 0.222 e. The minimum atomic E-state index is -0.950. The number of rotatable bonds is 53. The zero-order chi connectivity index (χ0) is 45.8. The number of allylic oxidation sites excluding steroid dienone is 3. The third-order valence-corrected chi connectivity index (χ3v) is 13.5. The molecule has 0 radical (unpaired) electrons. The van der Waals surface area contributed by atoms with Crippen molar-refractivity contribution in [2.45, 2.75) is 334 Å². The van der Waals surface area contributed by atoms with Crippen LogP contribution in [-0.2, 0) is 4.79 Å². The summed E-state index contributed by atoms with van der Waals surface area (Å²) >= 11 is 0. The van der Waals surface area contributed by atoms with Crippen LogP contribution in [0.1, 0.15) is 316 Å². The summed E-state index contributed by atoms with van der Waals surface area (Å²) in [5.41, 5.74) is 0. The number of carbonyl (C=O) groups is 1. The number of amides is 1. The fraction of sp³-hybridized carbons (Fsp3) is 0.914. The van der Waals surface area contributed by atoms with Gasteiger partial charge in [-0.2, -0.15) is 0 Å². The van der Waals surface area contributed by atoms with Crippen molar-refractivity contribution in [2.75, 3.05) is 6.61 Å². The number of hydrogen-bond acceptors (Lipinski definition) is 4. The molecule has 1 amide bonds. The molecule has 0 spiro atoms. The van der Waals surface area contributed by atoms with Gasteiger partial charge in [-0.1, -0.05) is 301 Å². The maximum absolute atomic E-state index is 12.5. The lowest BCUT2D eigenvalue weighted by molar-refractivity contribution is -0.124. The van der Waals surface area contributed by atoms with E-state index in [0.29, 0.717) is 6.42 Å². The first-order chi connectivity index (χ1) is 31.0. The van der Waals surface area contributed by atoms with E-state index in [4.69, 9.17) is 0 Å². The summed E-state index contributed by atoms with van der Waals surface area (Å²) in [7, 11) is 0. The maximum Gasteiger partial charge on any atom is 0.222 e. The van der Waals surface area contributed by atoms with Crippen LogP contribution >= 0.6 is 0 Å². The molecule has 0 saturated heterocycles. The Morgan fingerprint density at radius 3 is 1.02 bits per heavy atom. The lowest BCUT2D eigenvalue weighted by atomic mass is 10.0. The molecular formula is C58H113NO4. The predicted octanol–water partition coefficient (Wildman–Crippen LogP) is 17.7. The second-order valence-corrected chi connectivity index (χ2v) is 19.9. The molecule has 3 atom stereocenters. The van der Waals surface area contributed by atoms with Crippen LogP contribution < -0.4 is 5.32 Å². The number of hydrogen-bond donors (Lipinski definition) is 4. The summed E-state index contributed by atoms with van der Waals surface area (Å²) in [6.07, 6.45) is 68.1. The van der Waals surface area contributed by atoms with Gasteiger partial charge in [0.15, 0.2) is 0 Å². The van der Waals surface area contributed by atoms with E-state index in [9.17, 15) is 20.1 Å². The molecule has 0 fully saturated rings.